The highest BCUT2D eigenvalue weighted by Gasteiger charge is 2.12. The first-order valence-electron chi connectivity index (χ1n) is 6.64. The van der Waals surface area contributed by atoms with E-state index in [2.05, 4.69) is 26.5 Å². The van der Waals surface area contributed by atoms with Crippen LogP contribution in [0.5, 0.6) is 5.75 Å². The smallest absolute Gasteiger partial charge is 0.307 e. The minimum atomic E-state index is -0.491. The molecule has 0 spiro atoms. The molecule has 24 heavy (non-hydrogen) atoms. The van der Waals surface area contributed by atoms with Crippen LogP contribution >= 0.6 is 39.1 Å². The molecule has 1 amide bonds. The minimum Gasteiger partial charge on any atom is -0.505 e. The van der Waals surface area contributed by atoms with Gasteiger partial charge in [0.25, 0.3) is 0 Å². The van der Waals surface area contributed by atoms with E-state index < -0.39 is 5.91 Å². The molecule has 0 aliphatic rings. The van der Waals surface area contributed by atoms with E-state index in [1.165, 1.54) is 18.3 Å². The molecule has 0 radical (unpaired) electrons. The maximum atomic E-state index is 12.1. The Morgan fingerprint density at radius 1 is 1.21 bits per heavy atom. The highest BCUT2D eigenvalue weighted by atomic mass is 79.9. The summed E-state index contributed by atoms with van der Waals surface area (Å²) < 4.78 is 6.35. The van der Waals surface area contributed by atoms with Crippen molar-refractivity contribution < 1.29 is 14.3 Å². The largest absolute Gasteiger partial charge is 0.505 e. The number of hydrogen-bond acceptors (Lipinski definition) is 4. The number of hydrazone groups is 1. The number of fused-ring (bicyclic) bond motifs is 1. The Balaban J connectivity index is 1.74. The van der Waals surface area contributed by atoms with Crippen LogP contribution in [-0.4, -0.2) is 17.2 Å². The van der Waals surface area contributed by atoms with Crippen LogP contribution in [0.3, 0.4) is 0 Å². The van der Waals surface area contributed by atoms with E-state index in [1.807, 2.05) is 12.1 Å². The predicted octanol–water partition coefficient (Wildman–Crippen LogP) is 4.97. The van der Waals surface area contributed by atoms with Crippen LogP contribution in [0.25, 0.3) is 11.0 Å². The average Bonchev–Trinajstić information content (AvgIpc) is 2.95. The molecule has 0 fully saturated rings. The molecule has 122 valence electrons. The lowest BCUT2D eigenvalue weighted by atomic mass is 10.2. The van der Waals surface area contributed by atoms with Crippen LogP contribution in [-0.2, 0) is 0 Å². The number of phenolic OH excluding ortho intramolecular Hbond substituents is 1. The van der Waals surface area contributed by atoms with E-state index in [0.717, 1.165) is 9.86 Å². The third-order valence-corrected chi connectivity index (χ3v) is 4.19. The molecule has 0 saturated carbocycles. The molecule has 0 bridgehead atoms. The van der Waals surface area contributed by atoms with Gasteiger partial charge < -0.3 is 9.52 Å². The normalized spacial score (nSPS) is 11.3. The monoisotopic (exact) mass is 426 g/mol. The number of nitrogens with one attached hydrogen (secondary N) is 1. The topological polar surface area (TPSA) is 74.8 Å². The summed E-state index contributed by atoms with van der Waals surface area (Å²) in [5, 5.41) is 14.3. The van der Waals surface area contributed by atoms with Gasteiger partial charge in [-0.15, -0.1) is 0 Å². The quantitative estimate of drug-likeness (QED) is 0.457. The van der Waals surface area contributed by atoms with E-state index >= 15 is 0 Å². The van der Waals surface area contributed by atoms with Crippen LogP contribution < -0.4 is 5.43 Å². The number of furan rings is 1. The van der Waals surface area contributed by atoms with Gasteiger partial charge in [0.15, 0.2) is 11.5 Å². The summed E-state index contributed by atoms with van der Waals surface area (Å²) in [6.45, 7) is 0. The van der Waals surface area contributed by atoms with Gasteiger partial charge in [-0.2, -0.15) is 5.10 Å². The van der Waals surface area contributed by atoms with Gasteiger partial charge in [-0.25, -0.2) is 5.43 Å². The summed E-state index contributed by atoms with van der Waals surface area (Å²) >= 11 is 15.0. The number of hydrogen-bond donors (Lipinski definition) is 2. The number of rotatable bonds is 3. The minimum absolute atomic E-state index is 0.0955. The lowest BCUT2D eigenvalue weighted by molar-refractivity contribution is 0.0929. The number of halogens is 3. The Morgan fingerprint density at radius 2 is 1.92 bits per heavy atom. The zero-order valence-electron chi connectivity index (χ0n) is 11.9. The Hall–Kier alpha value is -2.02. The summed E-state index contributed by atoms with van der Waals surface area (Å²) in [5.74, 6) is -0.551. The number of amides is 1. The highest BCUT2D eigenvalue weighted by molar-refractivity contribution is 9.10. The first-order chi connectivity index (χ1) is 11.4. The van der Waals surface area contributed by atoms with Crippen LogP contribution in [0.15, 0.2) is 50.4 Å². The molecule has 3 aromatic rings. The van der Waals surface area contributed by atoms with Crippen molar-refractivity contribution >= 4 is 62.2 Å². The molecule has 2 N–H and O–H groups in total. The first kappa shape index (κ1) is 16.8. The molecule has 2 aromatic carbocycles. The Labute approximate surface area is 155 Å². The van der Waals surface area contributed by atoms with Gasteiger partial charge in [-0.05, 0) is 42.0 Å². The van der Waals surface area contributed by atoms with Gasteiger partial charge in [0.1, 0.15) is 5.58 Å². The molecule has 0 saturated heterocycles. The van der Waals surface area contributed by atoms with Crippen molar-refractivity contribution in [3.05, 3.63) is 62.2 Å². The summed E-state index contributed by atoms with van der Waals surface area (Å²) in [7, 11) is 0. The second-order valence-electron chi connectivity index (χ2n) is 4.83. The van der Waals surface area contributed by atoms with Gasteiger partial charge in [0.2, 0.25) is 0 Å². The number of aromatic hydroxyl groups is 1. The second-order valence-corrected chi connectivity index (χ2v) is 6.56. The summed E-state index contributed by atoms with van der Waals surface area (Å²) in [4.78, 5) is 12.1. The van der Waals surface area contributed by atoms with E-state index in [1.54, 1.807) is 12.1 Å². The van der Waals surface area contributed by atoms with Crippen molar-refractivity contribution in [3.63, 3.8) is 0 Å². The fourth-order valence-electron chi connectivity index (χ4n) is 2.01. The average molecular weight is 428 g/mol. The van der Waals surface area contributed by atoms with Crippen molar-refractivity contribution in [1.82, 2.24) is 5.43 Å². The fourth-order valence-corrected chi connectivity index (χ4v) is 2.89. The Kier molecular flexibility index (Phi) is 4.80. The summed E-state index contributed by atoms with van der Waals surface area (Å²) in [5.41, 5.74) is 3.48. The SMILES string of the molecule is O=C(N/N=C/c1cc(Cl)c(O)c(Cl)c1)c1cc2cc(Br)ccc2o1. The van der Waals surface area contributed by atoms with Gasteiger partial charge in [-0.3, -0.25) is 4.79 Å². The van der Waals surface area contributed by atoms with Gasteiger partial charge in [0, 0.05) is 9.86 Å². The molecule has 1 heterocycles. The van der Waals surface area contributed by atoms with Crippen molar-refractivity contribution in [1.29, 1.82) is 0 Å². The van der Waals surface area contributed by atoms with E-state index in [-0.39, 0.29) is 21.6 Å². The summed E-state index contributed by atoms with van der Waals surface area (Å²) in [6, 6.07) is 10.00. The number of carbonyl (C=O) groups is 1. The summed E-state index contributed by atoms with van der Waals surface area (Å²) in [6.07, 6.45) is 1.36. The molecule has 0 aliphatic carbocycles. The number of carbonyl (C=O) groups excluding carboxylic acids is 1. The zero-order valence-corrected chi connectivity index (χ0v) is 15.0. The van der Waals surface area contributed by atoms with Crippen molar-refractivity contribution in [2.45, 2.75) is 0 Å². The van der Waals surface area contributed by atoms with Crippen molar-refractivity contribution in [2.24, 2.45) is 5.10 Å². The number of benzene rings is 2. The molecule has 8 heteroatoms. The van der Waals surface area contributed by atoms with E-state index in [4.69, 9.17) is 27.6 Å². The van der Waals surface area contributed by atoms with Crippen molar-refractivity contribution in [2.75, 3.05) is 0 Å². The first-order valence-corrected chi connectivity index (χ1v) is 8.19. The van der Waals surface area contributed by atoms with Gasteiger partial charge in [0.05, 0.1) is 16.3 Å². The molecule has 3 rings (SSSR count). The fraction of sp³-hybridized carbons (Fsp3) is 0. The molecular formula is C16H9BrCl2N2O3. The van der Waals surface area contributed by atoms with Crippen LogP contribution in [0, 0.1) is 0 Å². The predicted molar refractivity (Wildman–Crippen MR) is 97.1 cm³/mol. The van der Waals surface area contributed by atoms with Crippen LogP contribution in [0.2, 0.25) is 10.0 Å². The lowest BCUT2D eigenvalue weighted by Gasteiger charge is -2.01. The Bertz CT molecular complexity index is 946. The third-order valence-electron chi connectivity index (χ3n) is 3.12. The van der Waals surface area contributed by atoms with Crippen LogP contribution in [0.4, 0.5) is 0 Å². The Morgan fingerprint density at radius 3 is 2.62 bits per heavy atom. The molecule has 1 aromatic heterocycles. The zero-order chi connectivity index (χ0) is 17.3. The highest BCUT2D eigenvalue weighted by Crippen LogP contribution is 2.32. The molecule has 0 aliphatic heterocycles. The molecule has 5 nitrogen and oxygen atoms in total. The van der Waals surface area contributed by atoms with Gasteiger partial charge in [-0.1, -0.05) is 39.1 Å². The number of phenols is 1. The molecule has 0 unspecified atom stereocenters. The molecular weight excluding hydrogens is 419 g/mol. The standard InChI is InChI=1S/C16H9BrCl2N2O3/c17-10-1-2-13-9(5-10)6-14(24-13)16(23)21-20-7-8-3-11(18)15(22)12(19)4-8/h1-7,22H,(H,21,23)/b20-7+. The maximum Gasteiger partial charge on any atom is 0.307 e. The third kappa shape index (κ3) is 3.56. The lowest BCUT2D eigenvalue weighted by Crippen LogP contribution is -2.16. The van der Waals surface area contributed by atoms with E-state index in [0.29, 0.717) is 11.1 Å². The van der Waals surface area contributed by atoms with Crippen LogP contribution in [0.1, 0.15) is 16.1 Å². The molecule has 0 atom stereocenters. The second kappa shape index (κ2) is 6.84. The van der Waals surface area contributed by atoms with Crippen molar-refractivity contribution in [3.8, 4) is 5.75 Å². The maximum absolute atomic E-state index is 12.1. The van der Waals surface area contributed by atoms with E-state index in [9.17, 15) is 9.90 Å². The van der Waals surface area contributed by atoms with Gasteiger partial charge >= 0.3 is 5.91 Å². The number of nitrogens with zero attached hydrogens (tertiary/aromatic N) is 1.